The lowest BCUT2D eigenvalue weighted by atomic mass is 10.2. The lowest BCUT2D eigenvalue weighted by Gasteiger charge is -2.23. The predicted molar refractivity (Wildman–Crippen MR) is 106 cm³/mol. The minimum atomic E-state index is -0.815. The van der Waals surface area contributed by atoms with E-state index >= 15 is 0 Å². The molecule has 4 atom stereocenters. The van der Waals surface area contributed by atoms with E-state index in [2.05, 4.69) is 31.9 Å². The molecule has 1 aliphatic carbocycles. The van der Waals surface area contributed by atoms with Crippen LogP contribution < -0.4 is 5.56 Å². The lowest BCUT2D eigenvalue weighted by molar-refractivity contribution is -0.173. The number of ether oxygens (including phenoxy) is 4. The number of esters is 1. The molecule has 0 radical (unpaired) electrons. The van der Waals surface area contributed by atoms with Crippen LogP contribution in [0.4, 0.5) is 0 Å². The van der Waals surface area contributed by atoms with Crippen LogP contribution in [0.3, 0.4) is 0 Å². The van der Waals surface area contributed by atoms with E-state index in [0.29, 0.717) is 17.2 Å². The number of hydrogen-bond donors (Lipinski definition) is 1. The second-order valence-electron chi connectivity index (χ2n) is 7.72. The van der Waals surface area contributed by atoms with E-state index in [1.54, 1.807) is 4.68 Å². The van der Waals surface area contributed by atoms with Gasteiger partial charge in [-0.2, -0.15) is 0 Å². The molecule has 0 bridgehead atoms. The molecule has 0 spiro atoms. The van der Waals surface area contributed by atoms with Crippen molar-refractivity contribution in [2.24, 2.45) is 0 Å². The number of methoxy groups -OCH3 is 1. The van der Waals surface area contributed by atoms with Gasteiger partial charge in [-0.05, 0) is 20.3 Å². The van der Waals surface area contributed by atoms with Crippen molar-refractivity contribution in [3.05, 3.63) is 10.4 Å². The zero-order chi connectivity index (χ0) is 21.5. The molecule has 12 heteroatoms. The summed E-state index contributed by atoms with van der Waals surface area (Å²) in [5, 5.41) is 8.76. The molecule has 1 N–H and O–H groups in total. The Hall–Kier alpha value is -2.02. The molecule has 1 saturated carbocycles. The average molecular weight is 439 g/mol. The molecule has 30 heavy (non-hydrogen) atoms. The topological polar surface area (TPSA) is 130 Å². The molecule has 0 aromatic carbocycles. The summed E-state index contributed by atoms with van der Waals surface area (Å²) in [5.74, 6) is -0.451. The summed E-state index contributed by atoms with van der Waals surface area (Å²) in [6.45, 7) is 5.51. The molecule has 0 amide bonds. The first-order chi connectivity index (χ1) is 14.3. The number of rotatable bonds is 7. The van der Waals surface area contributed by atoms with E-state index in [1.165, 1.54) is 18.9 Å². The largest absolute Gasteiger partial charge is 0.467 e. The maximum Gasteiger partial charge on any atom is 0.331 e. The van der Waals surface area contributed by atoms with E-state index in [1.807, 2.05) is 13.8 Å². The molecule has 3 heterocycles. The van der Waals surface area contributed by atoms with Gasteiger partial charge in [-0.1, -0.05) is 23.9 Å². The van der Waals surface area contributed by atoms with Crippen LogP contribution in [0, 0.1) is 0 Å². The molecule has 164 valence electrons. The number of nitrogens with zero attached hydrogens (tertiary/aromatic N) is 4. The Morgan fingerprint density at radius 2 is 2.13 bits per heavy atom. The summed E-state index contributed by atoms with van der Waals surface area (Å²) in [5.41, 5.74) is 0.231. The van der Waals surface area contributed by atoms with Crippen LogP contribution in [0.5, 0.6) is 0 Å². The zero-order valence-electron chi connectivity index (χ0n) is 17.3. The molecule has 11 nitrogen and oxygen atoms in total. The van der Waals surface area contributed by atoms with Crippen LogP contribution in [-0.4, -0.2) is 74.5 Å². The average Bonchev–Trinajstić information content (AvgIpc) is 3.35. The van der Waals surface area contributed by atoms with E-state index in [-0.39, 0.29) is 29.8 Å². The van der Waals surface area contributed by atoms with Crippen molar-refractivity contribution in [3.8, 4) is 0 Å². The van der Waals surface area contributed by atoms with Crippen LogP contribution in [0.25, 0.3) is 11.2 Å². The Labute approximate surface area is 176 Å². The highest BCUT2D eigenvalue weighted by Crippen LogP contribution is 2.45. The van der Waals surface area contributed by atoms with Gasteiger partial charge in [-0.25, -0.2) is 14.5 Å². The zero-order valence-corrected chi connectivity index (χ0v) is 18.1. The smallest absolute Gasteiger partial charge is 0.331 e. The molecular formula is C18H25N5O6S. The SMILES string of the molecule is CCCSc1nc2c(nnn2[C@@H]2C[C@H](OCC(=O)OC)[C@H]3OC(C)(C)O[C@H]32)c(=O)[nH]1. The number of carbonyl (C=O) groups excluding carboxylic acids is 1. The minimum absolute atomic E-state index is 0.171. The Balaban J connectivity index is 1.66. The van der Waals surface area contributed by atoms with Gasteiger partial charge >= 0.3 is 5.97 Å². The van der Waals surface area contributed by atoms with Gasteiger partial charge < -0.3 is 18.9 Å². The fraction of sp³-hybridized carbons (Fsp3) is 0.722. The third-order valence-corrected chi connectivity index (χ3v) is 6.18. The second kappa shape index (κ2) is 8.25. The fourth-order valence-electron chi connectivity index (χ4n) is 3.86. The summed E-state index contributed by atoms with van der Waals surface area (Å²) < 4.78 is 24.2. The van der Waals surface area contributed by atoms with E-state index in [9.17, 15) is 9.59 Å². The van der Waals surface area contributed by atoms with Crippen molar-refractivity contribution in [1.82, 2.24) is 25.0 Å². The predicted octanol–water partition coefficient (Wildman–Crippen LogP) is 1.04. The standard InChI is InChI=1S/C18H25N5O6S/c1-5-6-30-17-19-15-12(16(25)20-17)21-22-23(15)9-7-10(27-8-11(24)26-4)14-13(9)28-18(2,3)29-14/h9-10,13-14H,5-8H2,1-4H3,(H,19,20,25)/t9-,10+,13+,14-/m1/s1. The summed E-state index contributed by atoms with van der Waals surface area (Å²) in [7, 11) is 1.31. The Kier molecular flexibility index (Phi) is 5.84. The Bertz CT molecular complexity index is 991. The van der Waals surface area contributed by atoms with Gasteiger partial charge in [0.2, 0.25) is 0 Å². The highest BCUT2D eigenvalue weighted by Gasteiger charge is 2.56. The van der Waals surface area contributed by atoms with E-state index in [4.69, 9.17) is 14.2 Å². The van der Waals surface area contributed by atoms with Gasteiger partial charge in [0.1, 0.15) is 18.8 Å². The first-order valence-corrected chi connectivity index (χ1v) is 10.8. The van der Waals surface area contributed by atoms with Crippen molar-refractivity contribution in [3.63, 3.8) is 0 Å². The highest BCUT2D eigenvalue weighted by molar-refractivity contribution is 7.99. The van der Waals surface area contributed by atoms with Crippen molar-refractivity contribution in [2.45, 2.75) is 68.9 Å². The van der Waals surface area contributed by atoms with Crippen molar-refractivity contribution in [2.75, 3.05) is 19.5 Å². The molecular weight excluding hydrogens is 414 g/mol. The van der Waals surface area contributed by atoms with Crippen molar-refractivity contribution >= 4 is 28.9 Å². The summed E-state index contributed by atoms with van der Waals surface area (Å²) in [6, 6.07) is -0.317. The van der Waals surface area contributed by atoms with Gasteiger partial charge in [-0.3, -0.25) is 9.78 Å². The number of nitrogens with one attached hydrogen (secondary N) is 1. The molecule has 1 aliphatic heterocycles. The number of thioether (sulfide) groups is 1. The van der Waals surface area contributed by atoms with E-state index in [0.717, 1.165) is 12.2 Å². The molecule has 0 unspecified atom stereocenters. The molecule has 2 aliphatic rings. The first kappa shape index (κ1) is 21.2. The third kappa shape index (κ3) is 3.96. The fourth-order valence-corrected chi connectivity index (χ4v) is 4.57. The van der Waals surface area contributed by atoms with E-state index < -0.39 is 24.0 Å². The summed E-state index contributed by atoms with van der Waals surface area (Å²) in [4.78, 5) is 31.3. The Morgan fingerprint density at radius 3 is 2.87 bits per heavy atom. The van der Waals surface area contributed by atoms with Gasteiger partial charge in [0.25, 0.3) is 5.56 Å². The van der Waals surface area contributed by atoms with Crippen LogP contribution in [0.2, 0.25) is 0 Å². The van der Waals surface area contributed by atoms with Crippen LogP contribution >= 0.6 is 11.8 Å². The number of fused-ring (bicyclic) bond motifs is 2. The van der Waals surface area contributed by atoms with Gasteiger partial charge in [0.05, 0.1) is 19.3 Å². The van der Waals surface area contributed by atoms with Crippen LogP contribution in [0.15, 0.2) is 9.95 Å². The maximum atomic E-state index is 12.4. The molecule has 4 rings (SSSR count). The molecule has 2 aromatic heterocycles. The number of carbonyl (C=O) groups is 1. The van der Waals surface area contributed by atoms with Crippen LogP contribution in [0.1, 0.15) is 39.7 Å². The summed E-state index contributed by atoms with van der Waals surface area (Å²) in [6.07, 6.45) is 0.226. The van der Waals surface area contributed by atoms with Crippen molar-refractivity contribution in [1.29, 1.82) is 0 Å². The van der Waals surface area contributed by atoms with Crippen molar-refractivity contribution < 1.29 is 23.7 Å². The minimum Gasteiger partial charge on any atom is -0.467 e. The second-order valence-corrected chi connectivity index (χ2v) is 8.80. The van der Waals surface area contributed by atoms with Gasteiger partial charge in [0, 0.05) is 12.2 Å². The highest BCUT2D eigenvalue weighted by atomic mass is 32.2. The normalized spacial score (nSPS) is 27.5. The number of aromatic nitrogens is 5. The molecule has 1 saturated heterocycles. The lowest BCUT2D eigenvalue weighted by Crippen LogP contribution is -2.32. The number of aromatic amines is 1. The molecule has 2 fully saturated rings. The number of H-pyrrole nitrogens is 1. The van der Waals surface area contributed by atoms with Gasteiger partial charge in [-0.15, -0.1) is 5.10 Å². The van der Waals surface area contributed by atoms with Crippen LogP contribution in [-0.2, 0) is 23.7 Å². The maximum absolute atomic E-state index is 12.4. The quantitative estimate of drug-likeness (QED) is 0.379. The molecule has 2 aromatic rings. The third-order valence-electron chi connectivity index (χ3n) is 5.10. The number of hydrogen-bond acceptors (Lipinski definition) is 10. The summed E-state index contributed by atoms with van der Waals surface area (Å²) >= 11 is 1.47. The first-order valence-electron chi connectivity index (χ1n) is 9.85. The Morgan fingerprint density at radius 1 is 1.37 bits per heavy atom. The van der Waals surface area contributed by atoms with Gasteiger partial charge in [0.15, 0.2) is 22.1 Å². The monoisotopic (exact) mass is 439 g/mol.